The summed E-state index contributed by atoms with van der Waals surface area (Å²) >= 11 is 0. The van der Waals surface area contributed by atoms with Crippen molar-refractivity contribution in [2.75, 3.05) is 27.6 Å². The maximum atomic E-state index is 5.88. The van der Waals surface area contributed by atoms with Gasteiger partial charge in [-0.2, -0.15) is 0 Å². The van der Waals surface area contributed by atoms with E-state index in [1.807, 2.05) is 13.0 Å². The maximum Gasteiger partial charge on any atom is 0.146 e. The lowest BCUT2D eigenvalue weighted by Gasteiger charge is -2.37. The summed E-state index contributed by atoms with van der Waals surface area (Å²) in [6, 6.07) is 0. The van der Waals surface area contributed by atoms with E-state index in [0.717, 1.165) is 5.76 Å². The lowest BCUT2D eigenvalue weighted by Crippen LogP contribution is -2.41. The minimum Gasteiger partial charge on any atom is -0.495 e. The average molecular weight is 244 g/mol. The van der Waals surface area contributed by atoms with Crippen LogP contribution in [-0.2, 0) is 18.9 Å². The third-order valence-corrected chi connectivity index (χ3v) is 3.17. The molecule has 0 aromatic heterocycles. The Kier molecular flexibility index (Phi) is 5.95. The summed E-state index contributed by atoms with van der Waals surface area (Å²) in [5.41, 5.74) is 0. The Bertz CT molecular complexity index is 252. The number of methoxy groups -OCH3 is 2. The third kappa shape index (κ3) is 3.98. The molecule has 0 N–H and O–H groups in total. The molecule has 1 rings (SSSR count). The van der Waals surface area contributed by atoms with E-state index in [-0.39, 0.29) is 12.2 Å². The predicted octanol–water partition coefficient (Wildman–Crippen LogP) is 2.20. The normalized spacial score (nSPS) is 30.6. The van der Waals surface area contributed by atoms with Crippen molar-refractivity contribution in [3.05, 3.63) is 11.8 Å². The van der Waals surface area contributed by atoms with E-state index >= 15 is 0 Å². The highest BCUT2D eigenvalue weighted by molar-refractivity contribution is 5.04. The summed E-state index contributed by atoms with van der Waals surface area (Å²) in [7, 11) is 3.36. The van der Waals surface area contributed by atoms with Gasteiger partial charge in [0.2, 0.25) is 0 Å². The van der Waals surface area contributed by atoms with Crippen molar-refractivity contribution in [3.8, 4) is 0 Å². The summed E-state index contributed by atoms with van der Waals surface area (Å²) < 4.78 is 21.6. The largest absolute Gasteiger partial charge is 0.495 e. The first kappa shape index (κ1) is 14.5. The van der Waals surface area contributed by atoms with Crippen molar-refractivity contribution >= 4 is 0 Å². The zero-order chi connectivity index (χ0) is 12.8. The van der Waals surface area contributed by atoms with Crippen molar-refractivity contribution in [1.82, 2.24) is 0 Å². The molecule has 0 bridgehead atoms. The fraction of sp³-hybridized carbons (Fsp3) is 0.846. The SMILES string of the molecule is COCOC[C@H](C)[C@@H]1OC(C)=C[C@H](OC)[C@H]1C. The molecule has 0 spiro atoms. The molecule has 4 nitrogen and oxygen atoms in total. The van der Waals surface area contributed by atoms with Gasteiger partial charge in [0.1, 0.15) is 12.9 Å². The molecule has 0 radical (unpaired) electrons. The van der Waals surface area contributed by atoms with Crippen LogP contribution in [0.4, 0.5) is 0 Å². The van der Waals surface area contributed by atoms with Crippen LogP contribution in [0.3, 0.4) is 0 Å². The molecule has 4 atom stereocenters. The standard InChI is InChI=1S/C13H24O4/c1-9(7-16-8-14-4)13-11(3)12(15-5)6-10(2)17-13/h6,9,11-13H,7-8H2,1-5H3/t9-,11+,12-,13-/m0/s1. The van der Waals surface area contributed by atoms with Crippen molar-refractivity contribution in [2.45, 2.75) is 33.0 Å². The zero-order valence-electron chi connectivity index (χ0n) is 11.4. The summed E-state index contributed by atoms with van der Waals surface area (Å²) in [6.07, 6.45) is 2.28. The Labute approximate surface area is 104 Å². The molecule has 0 unspecified atom stereocenters. The molecule has 0 fully saturated rings. The first-order valence-electron chi connectivity index (χ1n) is 6.04. The highest BCUT2D eigenvalue weighted by Gasteiger charge is 2.34. The number of hydrogen-bond donors (Lipinski definition) is 0. The van der Waals surface area contributed by atoms with E-state index in [9.17, 15) is 0 Å². The molecule has 0 amide bonds. The Morgan fingerprint density at radius 2 is 2.12 bits per heavy atom. The van der Waals surface area contributed by atoms with Crippen molar-refractivity contribution in [1.29, 1.82) is 0 Å². The van der Waals surface area contributed by atoms with Gasteiger partial charge in [-0.15, -0.1) is 0 Å². The lowest BCUT2D eigenvalue weighted by molar-refractivity contribution is -0.0898. The van der Waals surface area contributed by atoms with Gasteiger partial charge in [-0.1, -0.05) is 13.8 Å². The van der Waals surface area contributed by atoms with Gasteiger partial charge in [-0.25, -0.2) is 0 Å². The quantitative estimate of drug-likeness (QED) is 0.530. The molecule has 17 heavy (non-hydrogen) atoms. The van der Waals surface area contributed by atoms with Gasteiger partial charge in [0.15, 0.2) is 0 Å². The maximum absolute atomic E-state index is 5.88. The second kappa shape index (κ2) is 6.99. The fourth-order valence-electron chi connectivity index (χ4n) is 2.26. The van der Waals surface area contributed by atoms with Crippen LogP contribution >= 0.6 is 0 Å². The van der Waals surface area contributed by atoms with E-state index in [4.69, 9.17) is 18.9 Å². The topological polar surface area (TPSA) is 36.9 Å². The summed E-state index contributed by atoms with van der Waals surface area (Å²) in [6.45, 7) is 7.20. The van der Waals surface area contributed by atoms with Crippen LogP contribution in [0.5, 0.6) is 0 Å². The molecule has 4 heteroatoms. The van der Waals surface area contributed by atoms with Crippen LogP contribution in [0.1, 0.15) is 20.8 Å². The Hall–Kier alpha value is -0.580. The van der Waals surface area contributed by atoms with Crippen molar-refractivity contribution < 1.29 is 18.9 Å². The van der Waals surface area contributed by atoms with Crippen LogP contribution in [-0.4, -0.2) is 39.8 Å². The van der Waals surface area contributed by atoms with E-state index < -0.39 is 0 Å². The molecular weight excluding hydrogens is 220 g/mol. The van der Waals surface area contributed by atoms with Gasteiger partial charge >= 0.3 is 0 Å². The van der Waals surface area contributed by atoms with Gasteiger partial charge in [-0.05, 0) is 13.0 Å². The lowest BCUT2D eigenvalue weighted by atomic mass is 9.87. The molecule has 0 aromatic rings. The van der Waals surface area contributed by atoms with Crippen LogP contribution in [0.2, 0.25) is 0 Å². The minimum absolute atomic E-state index is 0.124. The second-order valence-corrected chi connectivity index (χ2v) is 4.67. The molecule has 1 aliphatic heterocycles. The molecule has 1 aliphatic rings. The molecule has 0 aromatic carbocycles. The first-order valence-corrected chi connectivity index (χ1v) is 6.04. The summed E-state index contributed by atoms with van der Waals surface area (Å²) in [5.74, 6) is 1.56. The number of allylic oxidation sites excluding steroid dienone is 1. The van der Waals surface area contributed by atoms with Crippen molar-refractivity contribution in [2.24, 2.45) is 11.8 Å². The third-order valence-electron chi connectivity index (χ3n) is 3.17. The van der Waals surface area contributed by atoms with E-state index in [2.05, 4.69) is 13.8 Å². The summed E-state index contributed by atoms with van der Waals surface area (Å²) in [4.78, 5) is 0. The van der Waals surface area contributed by atoms with E-state index in [0.29, 0.717) is 25.2 Å². The Morgan fingerprint density at radius 1 is 1.41 bits per heavy atom. The van der Waals surface area contributed by atoms with Crippen LogP contribution < -0.4 is 0 Å². The Balaban J connectivity index is 2.54. The minimum atomic E-state index is 0.124. The monoisotopic (exact) mass is 244 g/mol. The molecule has 100 valence electrons. The smallest absolute Gasteiger partial charge is 0.146 e. The van der Waals surface area contributed by atoms with Crippen molar-refractivity contribution in [3.63, 3.8) is 0 Å². The number of ether oxygens (including phenoxy) is 4. The van der Waals surface area contributed by atoms with Crippen LogP contribution in [0, 0.1) is 11.8 Å². The zero-order valence-corrected chi connectivity index (χ0v) is 11.4. The van der Waals surface area contributed by atoms with Crippen LogP contribution in [0.15, 0.2) is 11.8 Å². The highest BCUT2D eigenvalue weighted by Crippen LogP contribution is 2.29. The highest BCUT2D eigenvalue weighted by atomic mass is 16.7. The predicted molar refractivity (Wildman–Crippen MR) is 65.6 cm³/mol. The Morgan fingerprint density at radius 3 is 2.71 bits per heavy atom. The molecule has 0 saturated heterocycles. The molecule has 0 saturated carbocycles. The molecule has 0 aliphatic carbocycles. The molecule has 1 heterocycles. The van der Waals surface area contributed by atoms with Gasteiger partial charge in [0.05, 0.1) is 18.5 Å². The van der Waals surface area contributed by atoms with Gasteiger partial charge in [-0.3, -0.25) is 0 Å². The van der Waals surface area contributed by atoms with Gasteiger partial charge in [0, 0.05) is 26.1 Å². The number of hydrogen-bond acceptors (Lipinski definition) is 4. The second-order valence-electron chi connectivity index (χ2n) is 4.67. The number of rotatable bonds is 6. The summed E-state index contributed by atoms with van der Waals surface area (Å²) in [5, 5.41) is 0. The average Bonchev–Trinajstić information content (AvgIpc) is 2.31. The molecular formula is C13H24O4. The van der Waals surface area contributed by atoms with E-state index in [1.165, 1.54) is 0 Å². The van der Waals surface area contributed by atoms with E-state index in [1.54, 1.807) is 14.2 Å². The first-order chi connectivity index (χ1) is 8.10. The van der Waals surface area contributed by atoms with Crippen LogP contribution in [0.25, 0.3) is 0 Å². The van der Waals surface area contributed by atoms with Gasteiger partial charge < -0.3 is 18.9 Å². The fourth-order valence-corrected chi connectivity index (χ4v) is 2.26. The van der Waals surface area contributed by atoms with Gasteiger partial charge in [0.25, 0.3) is 0 Å².